The van der Waals surface area contributed by atoms with Crippen LogP contribution in [0, 0.1) is 5.92 Å². The number of furan rings is 1. The number of hydrogen-bond acceptors (Lipinski definition) is 4. The first kappa shape index (κ1) is 16.5. The third-order valence-electron chi connectivity index (χ3n) is 2.91. The maximum Gasteiger partial charge on any atom is 0.373 e. The van der Waals surface area contributed by atoms with E-state index in [-0.39, 0.29) is 11.3 Å². The van der Waals surface area contributed by atoms with E-state index in [0.717, 1.165) is 6.54 Å². The van der Waals surface area contributed by atoms with Crippen LogP contribution in [0.4, 0.5) is 0 Å². The van der Waals surface area contributed by atoms with Crippen molar-refractivity contribution in [3.8, 4) is 0 Å². The van der Waals surface area contributed by atoms with Gasteiger partial charge in [-0.3, -0.25) is 0 Å². The normalized spacial score (nSPS) is 12.8. The van der Waals surface area contributed by atoms with Crippen LogP contribution in [-0.2, 0) is 4.74 Å². The van der Waals surface area contributed by atoms with Gasteiger partial charge in [0.05, 0.1) is 7.11 Å². The molecule has 112 valence electrons. The van der Waals surface area contributed by atoms with E-state index in [1.807, 2.05) is 6.08 Å². The summed E-state index contributed by atoms with van der Waals surface area (Å²) >= 11 is 0. The fraction of sp³-hybridized carbons (Fsp3) is 0.562. The molecule has 0 bridgehead atoms. The van der Waals surface area contributed by atoms with E-state index in [0.29, 0.717) is 11.7 Å². The summed E-state index contributed by atoms with van der Waals surface area (Å²) < 4.78 is 10.1. The maximum absolute atomic E-state index is 11.4. The lowest BCUT2D eigenvalue weighted by molar-refractivity contribution is 0.0564. The smallest absolute Gasteiger partial charge is 0.373 e. The minimum Gasteiger partial charge on any atom is -0.463 e. The van der Waals surface area contributed by atoms with E-state index >= 15 is 0 Å². The van der Waals surface area contributed by atoms with Gasteiger partial charge >= 0.3 is 5.97 Å². The van der Waals surface area contributed by atoms with Crippen molar-refractivity contribution in [2.45, 2.75) is 40.2 Å². The standard InChI is InChI=1S/C16H25NO3/c1-11(2)12(10-17-16(3,4)5)9-13-7-8-14(20-13)15(18)19-6/h7-9,11,17H,10H2,1-6H3. The van der Waals surface area contributed by atoms with Crippen LogP contribution in [0.2, 0.25) is 0 Å². The first-order valence-electron chi connectivity index (χ1n) is 6.86. The van der Waals surface area contributed by atoms with E-state index < -0.39 is 5.97 Å². The van der Waals surface area contributed by atoms with Gasteiger partial charge in [0.2, 0.25) is 5.76 Å². The van der Waals surface area contributed by atoms with Gasteiger partial charge in [-0.2, -0.15) is 0 Å². The van der Waals surface area contributed by atoms with E-state index in [1.54, 1.807) is 12.1 Å². The van der Waals surface area contributed by atoms with Crippen molar-refractivity contribution in [2.24, 2.45) is 5.92 Å². The molecule has 0 aliphatic heterocycles. The van der Waals surface area contributed by atoms with Crippen molar-refractivity contribution in [1.29, 1.82) is 0 Å². The minimum absolute atomic E-state index is 0.0638. The predicted molar refractivity (Wildman–Crippen MR) is 80.6 cm³/mol. The lowest BCUT2D eigenvalue weighted by Gasteiger charge is -2.23. The molecule has 4 nitrogen and oxygen atoms in total. The van der Waals surface area contributed by atoms with Gasteiger partial charge in [-0.25, -0.2) is 4.79 Å². The lowest BCUT2D eigenvalue weighted by Crippen LogP contribution is -2.37. The van der Waals surface area contributed by atoms with Gasteiger partial charge in [0.15, 0.2) is 0 Å². The van der Waals surface area contributed by atoms with Gasteiger partial charge in [-0.1, -0.05) is 19.4 Å². The zero-order valence-corrected chi connectivity index (χ0v) is 13.2. The van der Waals surface area contributed by atoms with Gasteiger partial charge in [0.25, 0.3) is 0 Å². The Labute approximate surface area is 121 Å². The second-order valence-corrected chi connectivity index (χ2v) is 6.17. The van der Waals surface area contributed by atoms with Gasteiger partial charge in [0, 0.05) is 12.1 Å². The van der Waals surface area contributed by atoms with Gasteiger partial charge < -0.3 is 14.5 Å². The predicted octanol–water partition coefficient (Wildman–Crippen LogP) is 3.49. The summed E-state index contributed by atoms with van der Waals surface area (Å²) in [7, 11) is 1.34. The summed E-state index contributed by atoms with van der Waals surface area (Å²) in [6, 6.07) is 3.42. The van der Waals surface area contributed by atoms with E-state index in [2.05, 4.69) is 44.7 Å². The molecule has 20 heavy (non-hydrogen) atoms. The number of rotatable bonds is 5. The molecule has 1 aromatic heterocycles. The highest BCUT2D eigenvalue weighted by Gasteiger charge is 2.13. The number of ether oxygens (including phenoxy) is 1. The molecule has 1 rings (SSSR count). The van der Waals surface area contributed by atoms with E-state index in [9.17, 15) is 4.79 Å². The molecule has 0 atom stereocenters. The van der Waals surface area contributed by atoms with Gasteiger partial charge in [-0.15, -0.1) is 0 Å². The monoisotopic (exact) mass is 279 g/mol. The quantitative estimate of drug-likeness (QED) is 0.838. The molecule has 0 saturated heterocycles. The van der Waals surface area contributed by atoms with Crippen LogP contribution in [0.25, 0.3) is 6.08 Å². The third-order valence-corrected chi connectivity index (χ3v) is 2.91. The fourth-order valence-electron chi connectivity index (χ4n) is 1.61. The Morgan fingerprint density at radius 2 is 2.05 bits per heavy atom. The molecule has 1 N–H and O–H groups in total. The zero-order valence-electron chi connectivity index (χ0n) is 13.2. The summed E-state index contributed by atoms with van der Waals surface area (Å²) in [5.41, 5.74) is 1.29. The highest BCUT2D eigenvalue weighted by atomic mass is 16.5. The molecule has 0 saturated carbocycles. The minimum atomic E-state index is -0.455. The molecule has 0 amide bonds. The summed E-state index contributed by atoms with van der Waals surface area (Å²) in [6.07, 6.45) is 1.98. The zero-order chi connectivity index (χ0) is 15.3. The van der Waals surface area contributed by atoms with Crippen LogP contribution in [0.3, 0.4) is 0 Å². The van der Waals surface area contributed by atoms with Crippen molar-refractivity contribution in [3.05, 3.63) is 29.2 Å². The van der Waals surface area contributed by atoms with Crippen molar-refractivity contribution in [1.82, 2.24) is 5.32 Å². The molecule has 0 aromatic carbocycles. The maximum atomic E-state index is 11.4. The lowest BCUT2D eigenvalue weighted by atomic mass is 10.0. The van der Waals surface area contributed by atoms with Crippen molar-refractivity contribution < 1.29 is 13.9 Å². The average molecular weight is 279 g/mol. The molecular formula is C16H25NO3. The van der Waals surface area contributed by atoms with Crippen molar-refractivity contribution in [3.63, 3.8) is 0 Å². The van der Waals surface area contributed by atoms with Crippen LogP contribution in [0.15, 0.2) is 22.1 Å². The Hall–Kier alpha value is -1.55. The summed E-state index contributed by atoms with van der Waals surface area (Å²) in [4.78, 5) is 11.4. The Bertz CT molecular complexity index is 478. The topological polar surface area (TPSA) is 51.5 Å². The number of carbonyl (C=O) groups excluding carboxylic acids is 1. The van der Waals surface area contributed by atoms with Crippen LogP contribution in [-0.4, -0.2) is 25.2 Å². The van der Waals surface area contributed by atoms with Crippen LogP contribution < -0.4 is 5.32 Å². The molecule has 0 fully saturated rings. The highest BCUT2D eigenvalue weighted by Crippen LogP contribution is 2.18. The molecule has 0 unspecified atom stereocenters. The van der Waals surface area contributed by atoms with Crippen molar-refractivity contribution >= 4 is 12.0 Å². The summed E-state index contributed by atoms with van der Waals surface area (Å²) in [5, 5.41) is 3.46. The largest absolute Gasteiger partial charge is 0.463 e. The molecule has 1 heterocycles. The van der Waals surface area contributed by atoms with E-state index in [4.69, 9.17) is 4.42 Å². The van der Waals surface area contributed by atoms with Gasteiger partial charge in [0.1, 0.15) is 5.76 Å². The highest BCUT2D eigenvalue weighted by molar-refractivity contribution is 5.86. The van der Waals surface area contributed by atoms with Crippen molar-refractivity contribution in [2.75, 3.05) is 13.7 Å². The Kier molecular flexibility index (Phi) is 5.57. The first-order chi connectivity index (χ1) is 9.23. The summed E-state index contributed by atoms with van der Waals surface area (Å²) in [6.45, 7) is 11.5. The molecule has 4 heteroatoms. The molecular weight excluding hydrogens is 254 g/mol. The van der Waals surface area contributed by atoms with Crippen LogP contribution in [0.1, 0.15) is 50.9 Å². The molecule has 0 radical (unpaired) electrons. The molecule has 0 aliphatic rings. The first-order valence-corrected chi connectivity index (χ1v) is 6.86. The number of hydrogen-bond donors (Lipinski definition) is 1. The molecule has 0 spiro atoms. The second-order valence-electron chi connectivity index (χ2n) is 6.17. The van der Waals surface area contributed by atoms with Crippen LogP contribution >= 0.6 is 0 Å². The molecule has 1 aromatic rings. The Balaban J connectivity index is 2.86. The Morgan fingerprint density at radius 3 is 2.55 bits per heavy atom. The second kappa shape index (κ2) is 6.75. The number of nitrogens with one attached hydrogen (secondary N) is 1. The van der Waals surface area contributed by atoms with Gasteiger partial charge in [-0.05, 0) is 44.9 Å². The van der Waals surface area contributed by atoms with Crippen LogP contribution in [0.5, 0.6) is 0 Å². The SMILES string of the molecule is COC(=O)c1ccc(C=C(CNC(C)(C)C)C(C)C)o1. The Morgan fingerprint density at radius 1 is 1.40 bits per heavy atom. The van der Waals surface area contributed by atoms with E-state index in [1.165, 1.54) is 12.7 Å². The average Bonchev–Trinajstić information content (AvgIpc) is 2.80. The number of carbonyl (C=O) groups is 1. The number of esters is 1. The summed E-state index contributed by atoms with van der Waals surface area (Å²) in [5.74, 6) is 0.843. The fourth-order valence-corrected chi connectivity index (χ4v) is 1.61. The third kappa shape index (κ3) is 5.21. The molecule has 0 aliphatic carbocycles. The number of methoxy groups -OCH3 is 1.